The molecule has 0 radical (unpaired) electrons. The molecular weight excluding hydrogens is 204 g/mol. The number of methoxy groups -OCH3 is 1. The maximum atomic E-state index is 11.9. The molecule has 1 aliphatic heterocycles. The van der Waals surface area contributed by atoms with Crippen LogP contribution in [0.5, 0.6) is 0 Å². The topological polar surface area (TPSA) is 50.4 Å². The Balaban J connectivity index is 2.34. The second-order valence-electron chi connectivity index (χ2n) is 4.48. The van der Waals surface area contributed by atoms with Gasteiger partial charge in [0, 0.05) is 19.6 Å². The van der Waals surface area contributed by atoms with Crippen LogP contribution in [0.2, 0.25) is 0 Å². The van der Waals surface area contributed by atoms with Gasteiger partial charge >= 0.3 is 0 Å². The van der Waals surface area contributed by atoms with Crippen LogP contribution in [0.15, 0.2) is 0 Å². The molecule has 4 heteroatoms. The van der Waals surface area contributed by atoms with Crippen LogP contribution in [0.1, 0.15) is 26.2 Å². The number of hydrogen-bond acceptors (Lipinski definition) is 3. The standard InChI is InChI=1S/C12H24N2O2/c1-3-10-8-11(4-5-13-9-10)12(15)14-6-7-16-2/h10-11,13H,3-9H2,1-2H3,(H,14,15). The minimum atomic E-state index is 0.178. The van der Waals surface area contributed by atoms with Crippen molar-refractivity contribution in [2.45, 2.75) is 26.2 Å². The van der Waals surface area contributed by atoms with Gasteiger partial charge in [-0.3, -0.25) is 4.79 Å². The van der Waals surface area contributed by atoms with Crippen LogP contribution in [0.3, 0.4) is 0 Å². The van der Waals surface area contributed by atoms with Crippen LogP contribution in [0, 0.1) is 11.8 Å². The molecule has 94 valence electrons. The molecule has 1 heterocycles. The first-order valence-electron chi connectivity index (χ1n) is 6.25. The fourth-order valence-corrected chi connectivity index (χ4v) is 2.16. The van der Waals surface area contributed by atoms with E-state index < -0.39 is 0 Å². The SMILES string of the molecule is CCC1CNCCC(C(=O)NCCOC)C1. The monoisotopic (exact) mass is 228 g/mol. The van der Waals surface area contributed by atoms with Crippen molar-refractivity contribution in [1.29, 1.82) is 0 Å². The number of ether oxygens (including phenoxy) is 1. The zero-order valence-electron chi connectivity index (χ0n) is 10.4. The fourth-order valence-electron chi connectivity index (χ4n) is 2.16. The van der Waals surface area contributed by atoms with Crippen LogP contribution in [0.25, 0.3) is 0 Å². The molecule has 1 amide bonds. The first-order valence-corrected chi connectivity index (χ1v) is 6.25. The Bertz CT molecular complexity index is 209. The third-order valence-electron chi connectivity index (χ3n) is 3.27. The van der Waals surface area contributed by atoms with Crippen LogP contribution < -0.4 is 10.6 Å². The molecular formula is C12H24N2O2. The van der Waals surface area contributed by atoms with Crippen molar-refractivity contribution in [2.75, 3.05) is 33.4 Å². The minimum Gasteiger partial charge on any atom is -0.383 e. The summed E-state index contributed by atoms with van der Waals surface area (Å²) in [5.74, 6) is 1.01. The molecule has 16 heavy (non-hydrogen) atoms. The molecule has 1 fully saturated rings. The zero-order chi connectivity index (χ0) is 11.8. The molecule has 2 unspecified atom stereocenters. The molecule has 1 rings (SSSR count). The van der Waals surface area contributed by atoms with E-state index in [-0.39, 0.29) is 11.8 Å². The normalized spacial score (nSPS) is 26.1. The van der Waals surface area contributed by atoms with Gasteiger partial charge in [-0.2, -0.15) is 0 Å². The van der Waals surface area contributed by atoms with Crippen LogP contribution in [-0.2, 0) is 9.53 Å². The average Bonchev–Trinajstić information content (AvgIpc) is 2.54. The number of rotatable bonds is 5. The van der Waals surface area contributed by atoms with Crippen molar-refractivity contribution in [2.24, 2.45) is 11.8 Å². The predicted octanol–water partition coefficient (Wildman–Crippen LogP) is 0.775. The van der Waals surface area contributed by atoms with Crippen molar-refractivity contribution in [3.63, 3.8) is 0 Å². The van der Waals surface area contributed by atoms with Gasteiger partial charge in [-0.1, -0.05) is 13.3 Å². The van der Waals surface area contributed by atoms with Crippen molar-refractivity contribution >= 4 is 5.91 Å². The lowest BCUT2D eigenvalue weighted by molar-refractivity contribution is -0.125. The molecule has 0 saturated carbocycles. The summed E-state index contributed by atoms with van der Waals surface area (Å²) in [4.78, 5) is 11.9. The van der Waals surface area contributed by atoms with Gasteiger partial charge in [0.05, 0.1) is 6.61 Å². The fraction of sp³-hybridized carbons (Fsp3) is 0.917. The molecule has 4 nitrogen and oxygen atoms in total. The molecule has 0 spiro atoms. The summed E-state index contributed by atoms with van der Waals surface area (Å²) in [6, 6.07) is 0. The summed E-state index contributed by atoms with van der Waals surface area (Å²) in [5.41, 5.74) is 0. The van der Waals surface area contributed by atoms with E-state index in [9.17, 15) is 4.79 Å². The van der Waals surface area contributed by atoms with Gasteiger partial charge in [0.15, 0.2) is 0 Å². The minimum absolute atomic E-state index is 0.178. The van der Waals surface area contributed by atoms with E-state index in [0.717, 1.165) is 32.4 Å². The van der Waals surface area contributed by atoms with Crippen LogP contribution in [-0.4, -0.2) is 39.3 Å². The summed E-state index contributed by atoms with van der Waals surface area (Å²) in [5, 5.41) is 6.33. The molecule has 0 aromatic heterocycles. The summed E-state index contributed by atoms with van der Waals surface area (Å²) < 4.78 is 4.92. The Hall–Kier alpha value is -0.610. The third-order valence-corrected chi connectivity index (χ3v) is 3.27. The lowest BCUT2D eigenvalue weighted by Crippen LogP contribution is -2.34. The molecule has 2 atom stereocenters. The number of amides is 1. The number of nitrogens with one attached hydrogen (secondary N) is 2. The second-order valence-corrected chi connectivity index (χ2v) is 4.48. The molecule has 0 aliphatic carbocycles. The summed E-state index contributed by atoms with van der Waals surface area (Å²) in [6.45, 7) is 5.42. The smallest absolute Gasteiger partial charge is 0.223 e. The van der Waals surface area contributed by atoms with E-state index in [2.05, 4.69) is 17.6 Å². The second kappa shape index (κ2) is 7.63. The Labute approximate surface area is 98.1 Å². The Morgan fingerprint density at radius 3 is 3.06 bits per heavy atom. The maximum absolute atomic E-state index is 11.9. The summed E-state index contributed by atoms with van der Waals surface area (Å²) >= 11 is 0. The van der Waals surface area contributed by atoms with Crippen molar-refractivity contribution < 1.29 is 9.53 Å². The quantitative estimate of drug-likeness (QED) is 0.684. The Morgan fingerprint density at radius 1 is 1.56 bits per heavy atom. The molecule has 1 aliphatic rings. The van der Waals surface area contributed by atoms with Crippen molar-refractivity contribution in [3.05, 3.63) is 0 Å². The number of carbonyl (C=O) groups is 1. The van der Waals surface area contributed by atoms with E-state index in [4.69, 9.17) is 4.74 Å². The van der Waals surface area contributed by atoms with Gasteiger partial charge in [-0.05, 0) is 31.8 Å². The van der Waals surface area contributed by atoms with Gasteiger partial charge in [-0.25, -0.2) is 0 Å². The molecule has 2 N–H and O–H groups in total. The van der Waals surface area contributed by atoms with Crippen LogP contribution >= 0.6 is 0 Å². The molecule has 0 aromatic carbocycles. The average molecular weight is 228 g/mol. The maximum Gasteiger partial charge on any atom is 0.223 e. The lowest BCUT2D eigenvalue weighted by Gasteiger charge is -2.17. The first kappa shape index (κ1) is 13.5. The zero-order valence-corrected chi connectivity index (χ0v) is 10.4. The third kappa shape index (κ3) is 4.49. The van der Waals surface area contributed by atoms with E-state index in [1.165, 1.54) is 0 Å². The van der Waals surface area contributed by atoms with Gasteiger partial charge in [0.2, 0.25) is 5.91 Å². The Kier molecular flexibility index (Phi) is 6.42. The molecule has 1 saturated heterocycles. The van der Waals surface area contributed by atoms with Gasteiger partial charge < -0.3 is 15.4 Å². The molecule has 0 bridgehead atoms. The summed E-state index contributed by atoms with van der Waals surface area (Å²) in [7, 11) is 1.65. The highest BCUT2D eigenvalue weighted by atomic mass is 16.5. The first-order chi connectivity index (χ1) is 7.77. The van der Waals surface area contributed by atoms with Gasteiger partial charge in [-0.15, -0.1) is 0 Å². The number of carbonyl (C=O) groups excluding carboxylic acids is 1. The van der Waals surface area contributed by atoms with Crippen molar-refractivity contribution in [1.82, 2.24) is 10.6 Å². The van der Waals surface area contributed by atoms with Gasteiger partial charge in [0.1, 0.15) is 0 Å². The van der Waals surface area contributed by atoms with E-state index in [1.807, 2.05) is 0 Å². The highest BCUT2D eigenvalue weighted by Gasteiger charge is 2.24. The van der Waals surface area contributed by atoms with Gasteiger partial charge in [0.25, 0.3) is 0 Å². The van der Waals surface area contributed by atoms with E-state index in [0.29, 0.717) is 19.1 Å². The van der Waals surface area contributed by atoms with E-state index in [1.54, 1.807) is 7.11 Å². The van der Waals surface area contributed by atoms with Crippen LogP contribution in [0.4, 0.5) is 0 Å². The summed E-state index contributed by atoms with van der Waals surface area (Å²) in [6.07, 6.45) is 3.12. The highest BCUT2D eigenvalue weighted by molar-refractivity contribution is 5.78. The molecule has 0 aromatic rings. The highest BCUT2D eigenvalue weighted by Crippen LogP contribution is 2.20. The largest absolute Gasteiger partial charge is 0.383 e. The Morgan fingerprint density at radius 2 is 2.38 bits per heavy atom. The van der Waals surface area contributed by atoms with Crippen molar-refractivity contribution in [3.8, 4) is 0 Å². The number of hydrogen-bond donors (Lipinski definition) is 2. The lowest BCUT2D eigenvalue weighted by atomic mass is 9.91. The van der Waals surface area contributed by atoms with E-state index >= 15 is 0 Å². The predicted molar refractivity (Wildman–Crippen MR) is 64.3 cm³/mol.